The number of methoxy groups -OCH3 is 1. The summed E-state index contributed by atoms with van der Waals surface area (Å²) in [6.45, 7) is 0.256. The van der Waals surface area contributed by atoms with E-state index in [9.17, 15) is 18.0 Å². The zero-order valence-corrected chi connectivity index (χ0v) is 21.1. The first-order chi connectivity index (χ1) is 18.7. The monoisotopic (exact) mass is 532 g/mol. The summed E-state index contributed by atoms with van der Waals surface area (Å²) in [5, 5.41) is 0.784. The van der Waals surface area contributed by atoms with Gasteiger partial charge in [-0.25, -0.2) is 15.0 Å². The molecule has 198 valence electrons. The number of aryl methyl sites for hydroxylation is 1. The topological polar surface area (TPSA) is 87.7 Å². The van der Waals surface area contributed by atoms with Crippen LogP contribution < -0.4 is 10.3 Å². The van der Waals surface area contributed by atoms with E-state index in [0.29, 0.717) is 28.6 Å². The Morgan fingerprint density at radius 3 is 2.49 bits per heavy atom. The first-order valence-corrected chi connectivity index (χ1v) is 12.3. The number of aromatic nitrogens is 6. The molecule has 0 saturated heterocycles. The number of rotatable bonds is 6. The number of hydrogen-bond acceptors (Lipinski definition) is 6. The van der Waals surface area contributed by atoms with Gasteiger partial charge in [0, 0.05) is 42.4 Å². The second-order valence-corrected chi connectivity index (χ2v) is 9.56. The molecule has 39 heavy (non-hydrogen) atoms. The van der Waals surface area contributed by atoms with E-state index in [0.717, 1.165) is 41.2 Å². The fraction of sp³-hybridized carbons (Fsp3) is 0.250. The summed E-state index contributed by atoms with van der Waals surface area (Å²) in [4.78, 5) is 30.2. The van der Waals surface area contributed by atoms with E-state index in [1.54, 1.807) is 48.2 Å². The minimum Gasteiger partial charge on any atom is -0.480 e. The standard InChI is InChI=1S/C28H23F3N6O2/c1-36-14-22(28(29,30)31)35-26(36)18-5-3-16(4-6-18)13-37-21-11-20(32-12-19(21)9-10-23(37)38)24-25(17-7-8-17)33-15-34-27(24)39-2/h3-6,9-12,14-15,17H,7-8,13H2,1-2H3. The lowest BCUT2D eigenvalue weighted by Gasteiger charge is -2.14. The second kappa shape index (κ2) is 9.33. The second-order valence-electron chi connectivity index (χ2n) is 9.56. The van der Waals surface area contributed by atoms with Crippen LogP contribution in [-0.2, 0) is 19.8 Å². The average molecular weight is 533 g/mol. The number of fused-ring (bicyclic) bond motifs is 1. The van der Waals surface area contributed by atoms with Crippen molar-refractivity contribution in [1.29, 1.82) is 0 Å². The van der Waals surface area contributed by atoms with Gasteiger partial charge >= 0.3 is 6.18 Å². The van der Waals surface area contributed by atoms with Crippen molar-refractivity contribution in [2.24, 2.45) is 7.05 Å². The van der Waals surface area contributed by atoms with Crippen LogP contribution in [0.15, 0.2) is 66.0 Å². The van der Waals surface area contributed by atoms with Crippen LogP contribution in [0, 0.1) is 0 Å². The molecule has 1 aliphatic carbocycles. The summed E-state index contributed by atoms with van der Waals surface area (Å²) >= 11 is 0. The number of hydrogen-bond donors (Lipinski definition) is 0. The van der Waals surface area contributed by atoms with Crippen molar-refractivity contribution in [3.63, 3.8) is 0 Å². The number of nitrogens with zero attached hydrogens (tertiary/aromatic N) is 6. The predicted molar refractivity (Wildman–Crippen MR) is 138 cm³/mol. The largest absolute Gasteiger partial charge is 0.480 e. The van der Waals surface area contributed by atoms with Crippen LogP contribution in [0.1, 0.15) is 35.7 Å². The fourth-order valence-corrected chi connectivity index (χ4v) is 4.74. The zero-order chi connectivity index (χ0) is 27.3. The van der Waals surface area contributed by atoms with Crippen molar-refractivity contribution >= 4 is 10.9 Å². The first kappa shape index (κ1) is 24.8. The van der Waals surface area contributed by atoms with E-state index < -0.39 is 11.9 Å². The molecule has 1 saturated carbocycles. The summed E-state index contributed by atoms with van der Waals surface area (Å²) in [6, 6.07) is 12.0. The van der Waals surface area contributed by atoms with Gasteiger partial charge in [0.05, 0.1) is 36.1 Å². The molecule has 0 bridgehead atoms. The Morgan fingerprint density at radius 2 is 1.82 bits per heavy atom. The van der Waals surface area contributed by atoms with Crippen LogP contribution in [0.5, 0.6) is 5.88 Å². The first-order valence-electron chi connectivity index (χ1n) is 12.3. The van der Waals surface area contributed by atoms with Crippen molar-refractivity contribution in [3.05, 3.63) is 88.5 Å². The van der Waals surface area contributed by atoms with E-state index in [1.165, 1.54) is 24.0 Å². The maximum absolute atomic E-state index is 13.1. The van der Waals surface area contributed by atoms with Crippen LogP contribution in [-0.4, -0.2) is 36.2 Å². The summed E-state index contributed by atoms with van der Waals surface area (Å²) in [5.74, 6) is 0.969. The minimum atomic E-state index is -4.52. The normalized spacial score (nSPS) is 13.7. The van der Waals surface area contributed by atoms with Gasteiger partial charge in [-0.3, -0.25) is 9.78 Å². The molecule has 4 aromatic heterocycles. The summed E-state index contributed by atoms with van der Waals surface area (Å²) in [6.07, 6.45) is 1.73. The highest BCUT2D eigenvalue weighted by atomic mass is 19.4. The molecule has 0 atom stereocenters. The van der Waals surface area contributed by atoms with Gasteiger partial charge in [0.2, 0.25) is 5.88 Å². The lowest BCUT2D eigenvalue weighted by atomic mass is 10.1. The smallest absolute Gasteiger partial charge is 0.434 e. The van der Waals surface area contributed by atoms with Gasteiger partial charge in [0.1, 0.15) is 12.2 Å². The molecule has 0 aliphatic heterocycles. The number of alkyl halides is 3. The van der Waals surface area contributed by atoms with E-state index in [-0.39, 0.29) is 17.9 Å². The summed E-state index contributed by atoms with van der Waals surface area (Å²) in [7, 11) is 3.08. The van der Waals surface area contributed by atoms with Crippen molar-refractivity contribution in [3.8, 4) is 28.5 Å². The van der Waals surface area contributed by atoms with Gasteiger partial charge in [0.15, 0.2) is 5.69 Å². The van der Waals surface area contributed by atoms with Gasteiger partial charge in [0.25, 0.3) is 5.56 Å². The maximum Gasteiger partial charge on any atom is 0.434 e. The Balaban J connectivity index is 1.38. The average Bonchev–Trinajstić information content (AvgIpc) is 3.70. The Labute approximate surface area is 220 Å². The predicted octanol–water partition coefficient (Wildman–Crippen LogP) is 5.21. The molecule has 0 N–H and O–H groups in total. The molecule has 0 radical (unpaired) electrons. The van der Waals surface area contributed by atoms with E-state index in [4.69, 9.17) is 4.74 Å². The molecule has 0 amide bonds. The maximum atomic E-state index is 13.1. The SMILES string of the molecule is COc1ncnc(C2CC2)c1-c1cc2c(ccc(=O)n2Cc2ccc(-c3nc(C(F)(F)F)cn3C)cc2)cn1. The molecule has 8 nitrogen and oxygen atoms in total. The van der Waals surface area contributed by atoms with Gasteiger partial charge < -0.3 is 13.9 Å². The minimum absolute atomic E-state index is 0.193. The Hall–Kier alpha value is -4.54. The number of pyridine rings is 2. The number of imidazole rings is 1. The lowest BCUT2D eigenvalue weighted by molar-refractivity contribution is -0.140. The molecule has 6 rings (SSSR count). The molecule has 0 unspecified atom stereocenters. The molecule has 0 spiro atoms. The van der Waals surface area contributed by atoms with E-state index in [2.05, 4.69) is 19.9 Å². The number of halogens is 3. The summed E-state index contributed by atoms with van der Waals surface area (Å²) in [5.41, 5.74) is 3.12. The molecule has 5 aromatic rings. The van der Waals surface area contributed by atoms with E-state index >= 15 is 0 Å². The molecule has 11 heteroatoms. The highest BCUT2D eigenvalue weighted by molar-refractivity contribution is 5.83. The highest BCUT2D eigenvalue weighted by Crippen LogP contribution is 2.45. The third-order valence-corrected chi connectivity index (χ3v) is 6.85. The van der Waals surface area contributed by atoms with Crippen LogP contribution in [0.2, 0.25) is 0 Å². The zero-order valence-electron chi connectivity index (χ0n) is 21.1. The molecular weight excluding hydrogens is 509 g/mol. The molecular formula is C28H23F3N6O2. The quantitative estimate of drug-likeness (QED) is 0.299. The Bertz CT molecular complexity index is 1750. The Kier molecular flexibility index (Phi) is 5.93. The van der Waals surface area contributed by atoms with Gasteiger partial charge in [-0.2, -0.15) is 13.2 Å². The van der Waals surface area contributed by atoms with Gasteiger partial charge in [-0.15, -0.1) is 0 Å². The van der Waals surface area contributed by atoms with Crippen molar-refractivity contribution < 1.29 is 17.9 Å². The Morgan fingerprint density at radius 1 is 1.05 bits per heavy atom. The van der Waals surface area contributed by atoms with Crippen LogP contribution in [0.3, 0.4) is 0 Å². The number of ether oxygens (including phenoxy) is 1. The van der Waals surface area contributed by atoms with Crippen molar-refractivity contribution in [1.82, 2.24) is 29.1 Å². The van der Waals surface area contributed by atoms with Crippen molar-refractivity contribution in [2.75, 3.05) is 7.11 Å². The lowest BCUT2D eigenvalue weighted by Crippen LogP contribution is -2.20. The third-order valence-electron chi connectivity index (χ3n) is 6.85. The van der Waals surface area contributed by atoms with Gasteiger partial charge in [-0.1, -0.05) is 24.3 Å². The molecule has 4 heterocycles. The van der Waals surface area contributed by atoms with Crippen LogP contribution >= 0.6 is 0 Å². The molecule has 1 aromatic carbocycles. The molecule has 1 fully saturated rings. The highest BCUT2D eigenvalue weighted by Gasteiger charge is 2.34. The van der Waals surface area contributed by atoms with E-state index in [1.807, 2.05) is 6.07 Å². The van der Waals surface area contributed by atoms with Gasteiger partial charge in [-0.05, 0) is 30.5 Å². The summed E-state index contributed by atoms with van der Waals surface area (Å²) < 4.78 is 47.8. The third kappa shape index (κ3) is 4.64. The fourth-order valence-electron chi connectivity index (χ4n) is 4.74. The molecule has 1 aliphatic rings. The van der Waals surface area contributed by atoms with Crippen LogP contribution in [0.4, 0.5) is 13.2 Å². The number of benzene rings is 1. The van der Waals surface area contributed by atoms with Crippen LogP contribution in [0.25, 0.3) is 33.5 Å². The van der Waals surface area contributed by atoms with Crippen molar-refractivity contribution in [2.45, 2.75) is 31.5 Å².